The Morgan fingerprint density at radius 2 is 1.57 bits per heavy atom. The van der Waals surface area contributed by atoms with Crippen molar-refractivity contribution in [2.45, 2.75) is 46.0 Å². The summed E-state index contributed by atoms with van der Waals surface area (Å²) in [6.45, 7) is 7.13. The largest absolute Gasteiger partial charge is 0.416 e. The molecule has 0 saturated carbocycles. The van der Waals surface area contributed by atoms with Gasteiger partial charge < -0.3 is 11.1 Å². The SMILES string of the molecule is CC(C)(N)C(C)(C)C(=O)NCc1ccc(C(F)(F)F)cc1. The van der Waals surface area contributed by atoms with Crippen molar-refractivity contribution in [3.63, 3.8) is 0 Å². The summed E-state index contributed by atoms with van der Waals surface area (Å²) in [5, 5.41) is 2.70. The minimum Gasteiger partial charge on any atom is -0.352 e. The Morgan fingerprint density at radius 1 is 1.10 bits per heavy atom. The van der Waals surface area contributed by atoms with Gasteiger partial charge in [0, 0.05) is 12.1 Å². The average Bonchev–Trinajstić information content (AvgIpc) is 2.33. The van der Waals surface area contributed by atoms with Gasteiger partial charge in [-0.05, 0) is 45.4 Å². The number of alkyl halides is 3. The topological polar surface area (TPSA) is 55.1 Å². The fraction of sp³-hybridized carbons (Fsp3) is 0.533. The van der Waals surface area contributed by atoms with Crippen LogP contribution in [0.4, 0.5) is 13.2 Å². The maximum Gasteiger partial charge on any atom is 0.416 e. The van der Waals surface area contributed by atoms with Crippen molar-refractivity contribution in [3.8, 4) is 0 Å². The molecule has 21 heavy (non-hydrogen) atoms. The zero-order chi connectivity index (χ0) is 16.5. The standard InChI is InChI=1S/C15H21F3N2O/c1-13(2,14(3,4)19)12(21)20-9-10-5-7-11(8-6-10)15(16,17)18/h5-8H,9,19H2,1-4H3,(H,20,21). The summed E-state index contributed by atoms with van der Waals surface area (Å²) < 4.78 is 37.3. The van der Waals surface area contributed by atoms with E-state index in [2.05, 4.69) is 5.32 Å². The summed E-state index contributed by atoms with van der Waals surface area (Å²) in [7, 11) is 0. The molecule has 0 aliphatic rings. The molecule has 0 saturated heterocycles. The fourth-order valence-electron chi connectivity index (χ4n) is 1.51. The lowest BCUT2D eigenvalue weighted by molar-refractivity contribution is -0.137. The van der Waals surface area contributed by atoms with Crippen molar-refractivity contribution in [1.29, 1.82) is 0 Å². The number of rotatable bonds is 4. The summed E-state index contributed by atoms with van der Waals surface area (Å²) in [4.78, 5) is 12.1. The smallest absolute Gasteiger partial charge is 0.352 e. The highest BCUT2D eigenvalue weighted by atomic mass is 19.4. The van der Waals surface area contributed by atoms with E-state index in [1.165, 1.54) is 12.1 Å². The van der Waals surface area contributed by atoms with Crippen LogP contribution in [-0.4, -0.2) is 11.4 Å². The third kappa shape index (κ3) is 4.20. The molecule has 0 atom stereocenters. The molecule has 1 amide bonds. The molecule has 1 aromatic rings. The molecule has 1 rings (SSSR count). The summed E-state index contributed by atoms with van der Waals surface area (Å²) in [5.41, 5.74) is 4.35. The van der Waals surface area contributed by atoms with E-state index in [1.54, 1.807) is 27.7 Å². The number of hydrogen-bond donors (Lipinski definition) is 2. The second-order valence-electron chi connectivity index (χ2n) is 6.22. The molecule has 0 heterocycles. The van der Waals surface area contributed by atoms with Gasteiger partial charge in [0.25, 0.3) is 0 Å². The number of carbonyl (C=O) groups is 1. The van der Waals surface area contributed by atoms with E-state index in [1.807, 2.05) is 0 Å². The molecule has 3 N–H and O–H groups in total. The van der Waals surface area contributed by atoms with Crippen molar-refractivity contribution < 1.29 is 18.0 Å². The Bertz CT molecular complexity index is 499. The van der Waals surface area contributed by atoms with Gasteiger partial charge in [-0.2, -0.15) is 13.2 Å². The van der Waals surface area contributed by atoms with Crippen LogP contribution in [0.2, 0.25) is 0 Å². The first kappa shape index (κ1) is 17.5. The van der Waals surface area contributed by atoms with Crippen molar-refractivity contribution in [1.82, 2.24) is 5.32 Å². The highest BCUT2D eigenvalue weighted by Crippen LogP contribution is 2.30. The van der Waals surface area contributed by atoms with E-state index in [0.717, 1.165) is 12.1 Å². The van der Waals surface area contributed by atoms with E-state index in [-0.39, 0.29) is 12.5 Å². The lowest BCUT2D eigenvalue weighted by Gasteiger charge is -2.36. The Kier molecular flexibility index (Phi) is 4.73. The minimum absolute atomic E-state index is 0.163. The summed E-state index contributed by atoms with van der Waals surface area (Å²) in [6, 6.07) is 4.70. The normalized spacial score (nSPS) is 13.1. The van der Waals surface area contributed by atoms with Crippen LogP contribution in [0, 0.1) is 5.41 Å². The van der Waals surface area contributed by atoms with Crippen LogP contribution in [-0.2, 0) is 17.5 Å². The molecular formula is C15H21F3N2O. The Labute approximate surface area is 122 Å². The lowest BCUT2D eigenvalue weighted by Crippen LogP contribution is -2.55. The van der Waals surface area contributed by atoms with Gasteiger partial charge in [0.2, 0.25) is 5.91 Å². The zero-order valence-corrected chi connectivity index (χ0v) is 12.6. The van der Waals surface area contributed by atoms with Gasteiger partial charge in [-0.3, -0.25) is 4.79 Å². The van der Waals surface area contributed by atoms with Crippen molar-refractivity contribution in [2.75, 3.05) is 0 Å². The number of halogens is 3. The van der Waals surface area contributed by atoms with Gasteiger partial charge in [0.1, 0.15) is 0 Å². The van der Waals surface area contributed by atoms with Gasteiger partial charge >= 0.3 is 6.18 Å². The summed E-state index contributed by atoms with van der Waals surface area (Å²) in [6.07, 6.45) is -4.35. The third-order valence-electron chi connectivity index (χ3n) is 3.91. The summed E-state index contributed by atoms with van der Waals surface area (Å²) >= 11 is 0. The maximum absolute atomic E-state index is 12.4. The fourth-order valence-corrected chi connectivity index (χ4v) is 1.51. The van der Waals surface area contributed by atoms with Gasteiger partial charge in [-0.15, -0.1) is 0 Å². The van der Waals surface area contributed by atoms with Crippen molar-refractivity contribution in [3.05, 3.63) is 35.4 Å². The molecule has 0 fully saturated rings. The Hall–Kier alpha value is -1.56. The van der Waals surface area contributed by atoms with Crippen LogP contribution < -0.4 is 11.1 Å². The average molecular weight is 302 g/mol. The number of benzene rings is 1. The predicted octanol–water partition coefficient (Wildman–Crippen LogP) is 3.09. The molecule has 0 aliphatic heterocycles. The van der Waals surface area contributed by atoms with Crippen molar-refractivity contribution in [2.24, 2.45) is 11.1 Å². The van der Waals surface area contributed by atoms with Crippen LogP contribution in [0.3, 0.4) is 0 Å². The van der Waals surface area contributed by atoms with Gasteiger partial charge in [0.15, 0.2) is 0 Å². The highest BCUT2D eigenvalue weighted by molar-refractivity contribution is 5.83. The molecule has 0 radical (unpaired) electrons. The number of amides is 1. The number of nitrogens with two attached hydrogens (primary N) is 1. The molecule has 0 spiro atoms. The molecular weight excluding hydrogens is 281 g/mol. The summed E-state index contributed by atoms with van der Waals surface area (Å²) in [5.74, 6) is -0.241. The van der Waals surface area contributed by atoms with E-state index in [0.29, 0.717) is 5.56 Å². The quantitative estimate of drug-likeness (QED) is 0.898. The first-order valence-corrected chi connectivity index (χ1v) is 6.59. The minimum atomic E-state index is -4.35. The van der Waals surface area contributed by atoms with E-state index < -0.39 is 22.7 Å². The van der Waals surface area contributed by atoms with Crippen LogP contribution in [0.15, 0.2) is 24.3 Å². The lowest BCUT2D eigenvalue weighted by atomic mass is 9.74. The van der Waals surface area contributed by atoms with Crippen molar-refractivity contribution >= 4 is 5.91 Å². The van der Waals surface area contributed by atoms with Crippen LogP contribution in [0.1, 0.15) is 38.8 Å². The number of nitrogens with one attached hydrogen (secondary N) is 1. The number of carbonyl (C=O) groups excluding carboxylic acids is 1. The first-order valence-electron chi connectivity index (χ1n) is 6.59. The monoisotopic (exact) mass is 302 g/mol. The molecule has 118 valence electrons. The van der Waals surface area contributed by atoms with Gasteiger partial charge in [0.05, 0.1) is 11.0 Å². The zero-order valence-electron chi connectivity index (χ0n) is 12.6. The first-order chi connectivity index (χ1) is 9.35. The van der Waals surface area contributed by atoms with E-state index in [4.69, 9.17) is 5.73 Å². The molecule has 0 aromatic heterocycles. The van der Waals surface area contributed by atoms with Gasteiger partial charge in [-0.25, -0.2) is 0 Å². The second kappa shape index (κ2) is 5.67. The molecule has 1 aromatic carbocycles. The maximum atomic E-state index is 12.4. The third-order valence-corrected chi connectivity index (χ3v) is 3.91. The van der Waals surface area contributed by atoms with E-state index >= 15 is 0 Å². The second-order valence-corrected chi connectivity index (χ2v) is 6.22. The molecule has 0 unspecified atom stereocenters. The molecule has 0 aliphatic carbocycles. The Balaban J connectivity index is 2.70. The number of hydrogen-bond acceptors (Lipinski definition) is 2. The predicted molar refractivity (Wildman–Crippen MR) is 75.3 cm³/mol. The highest BCUT2D eigenvalue weighted by Gasteiger charge is 2.40. The van der Waals surface area contributed by atoms with Crippen LogP contribution in [0.5, 0.6) is 0 Å². The Morgan fingerprint density at radius 3 is 1.95 bits per heavy atom. The van der Waals surface area contributed by atoms with Gasteiger partial charge in [-0.1, -0.05) is 12.1 Å². The van der Waals surface area contributed by atoms with Crippen LogP contribution in [0.25, 0.3) is 0 Å². The molecule has 0 bridgehead atoms. The molecule has 3 nitrogen and oxygen atoms in total. The van der Waals surface area contributed by atoms with E-state index in [9.17, 15) is 18.0 Å². The van der Waals surface area contributed by atoms with Crippen LogP contribution >= 0.6 is 0 Å². The molecule has 6 heteroatoms.